The van der Waals surface area contributed by atoms with Crippen LogP contribution in [0.25, 0.3) is 11.3 Å². The Balaban J connectivity index is 1.36. The number of pyridine rings is 1. The van der Waals surface area contributed by atoms with Crippen molar-refractivity contribution in [2.75, 3.05) is 11.4 Å². The summed E-state index contributed by atoms with van der Waals surface area (Å²) in [5.74, 6) is -0.0106. The zero-order valence-electron chi connectivity index (χ0n) is 16.9. The largest absolute Gasteiger partial charge is 0.355 e. The van der Waals surface area contributed by atoms with Crippen LogP contribution in [-0.2, 0) is 17.8 Å². The molecule has 1 unspecified atom stereocenters. The summed E-state index contributed by atoms with van der Waals surface area (Å²) in [6.45, 7) is 1.24. The molecule has 0 aliphatic carbocycles. The number of nitrogens with one attached hydrogen (secondary N) is 1. The number of carbonyl (C=O) groups excluding carboxylic acids is 1. The van der Waals surface area contributed by atoms with Crippen LogP contribution < -0.4 is 10.2 Å². The van der Waals surface area contributed by atoms with Gasteiger partial charge in [-0.25, -0.2) is 4.98 Å². The van der Waals surface area contributed by atoms with E-state index in [0.29, 0.717) is 6.54 Å². The number of hydrogen-bond acceptors (Lipinski definition) is 5. The van der Waals surface area contributed by atoms with Crippen molar-refractivity contribution in [3.05, 3.63) is 101 Å². The summed E-state index contributed by atoms with van der Waals surface area (Å²) in [4.78, 5) is 24.4. The predicted molar refractivity (Wildman–Crippen MR) is 124 cm³/mol. The van der Waals surface area contributed by atoms with Gasteiger partial charge in [-0.3, -0.25) is 9.78 Å². The summed E-state index contributed by atoms with van der Waals surface area (Å²) in [7, 11) is 0. The molecule has 1 aliphatic rings. The molecule has 31 heavy (non-hydrogen) atoms. The van der Waals surface area contributed by atoms with E-state index in [1.165, 1.54) is 5.56 Å². The first-order valence-corrected chi connectivity index (χ1v) is 11.2. The first-order chi connectivity index (χ1) is 15.3. The lowest BCUT2D eigenvalue weighted by Gasteiger charge is -2.29. The molecule has 0 saturated heterocycles. The maximum Gasteiger partial charge on any atom is 0.247 e. The maximum atomic E-state index is 13.4. The molecule has 154 valence electrons. The lowest BCUT2D eigenvalue weighted by Crippen LogP contribution is -2.39. The number of benzene rings is 2. The summed E-state index contributed by atoms with van der Waals surface area (Å²) in [5.41, 5.74) is 5.36. The normalized spacial score (nSPS) is 13.6. The fraction of sp³-hybridized carbons (Fsp3) is 0.160. The van der Waals surface area contributed by atoms with E-state index >= 15 is 0 Å². The highest BCUT2D eigenvalue weighted by Gasteiger charge is 2.32. The third-order valence-electron chi connectivity index (χ3n) is 5.54. The minimum atomic E-state index is -0.371. The van der Waals surface area contributed by atoms with Crippen molar-refractivity contribution >= 4 is 22.9 Å². The van der Waals surface area contributed by atoms with Crippen LogP contribution >= 0.6 is 11.3 Å². The first kappa shape index (κ1) is 19.5. The van der Waals surface area contributed by atoms with Gasteiger partial charge in [-0.2, -0.15) is 0 Å². The van der Waals surface area contributed by atoms with Crippen LogP contribution in [0.1, 0.15) is 22.2 Å². The highest BCUT2D eigenvalue weighted by molar-refractivity contribution is 7.09. The van der Waals surface area contributed by atoms with Gasteiger partial charge in [0, 0.05) is 35.6 Å². The van der Waals surface area contributed by atoms with Gasteiger partial charge in [0.1, 0.15) is 11.0 Å². The van der Waals surface area contributed by atoms with E-state index in [-0.39, 0.29) is 11.9 Å². The van der Waals surface area contributed by atoms with E-state index in [4.69, 9.17) is 0 Å². The van der Waals surface area contributed by atoms with Crippen LogP contribution in [0.4, 0.5) is 5.69 Å². The Bertz CT molecular complexity index is 1180. The van der Waals surface area contributed by atoms with Crippen molar-refractivity contribution in [2.24, 2.45) is 0 Å². The third kappa shape index (κ3) is 4.07. The molecule has 3 heterocycles. The highest BCUT2D eigenvalue weighted by Crippen LogP contribution is 2.35. The van der Waals surface area contributed by atoms with Crippen LogP contribution in [0, 0.1) is 0 Å². The number of aromatic nitrogens is 2. The quantitative estimate of drug-likeness (QED) is 0.489. The van der Waals surface area contributed by atoms with Crippen molar-refractivity contribution in [1.29, 1.82) is 0 Å². The topological polar surface area (TPSA) is 58.1 Å². The van der Waals surface area contributed by atoms with Gasteiger partial charge in [-0.1, -0.05) is 48.5 Å². The molecule has 0 spiro atoms. The van der Waals surface area contributed by atoms with Crippen molar-refractivity contribution < 1.29 is 4.79 Å². The number of thiazole rings is 1. The van der Waals surface area contributed by atoms with E-state index in [9.17, 15) is 4.79 Å². The number of hydrogen-bond donors (Lipinski definition) is 1. The first-order valence-electron chi connectivity index (χ1n) is 10.3. The van der Waals surface area contributed by atoms with Crippen molar-refractivity contribution in [1.82, 2.24) is 15.3 Å². The zero-order valence-corrected chi connectivity index (χ0v) is 17.8. The highest BCUT2D eigenvalue weighted by atomic mass is 32.1. The molecule has 2 aromatic heterocycles. The number of anilines is 1. The summed E-state index contributed by atoms with van der Waals surface area (Å²) in [5, 5.41) is 6.02. The lowest BCUT2D eigenvalue weighted by molar-refractivity contribution is -0.122. The molecule has 4 aromatic rings. The van der Waals surface area contributed by atoms with E-state index in [1.54, 1.807) is 23.7 Å². The van der Waals surface area contributed by atoms with E-state index in [0.717, 1.165) is 40.5 Å². The van der Waals surface area contributed by atoms with Crippen LogP contribution in [0.5, 0.6) is 0 Å². The molecule has 1 N–H and O–H groups in total. The lowest BCUT2D eigenvalue weighted by atomic mass is 10.0. The Morgan fingerprint density at radius 2 is 1.81 bits per heavy atom. The van der Waals surface area contributed by atoms with Gasteiger partial charge in [0.05, 0.1) is 12.2 Å². The van der Waals surface area contributed by atoms with Crippen molar-refractivity contribution in [3.63, 3.8) is 0 Å². The second-order valence-corrected chi connectivity index (χ2v) is 8.41. The number of para-hydroxylation sites is 1. The SMILES string of the molecule is O=C(NCc1nc(-c2ccncc2)cs1)C(c1ccccc1)N1CCc2ccccc21. The average molecular weight is 427 g/mol. The molecule has 5 nitrogen and oxygen atoms in total. The summed E-state index contributed by atoms with van der Waals surface area (Å²) >= 11 is 1.55. The number of amides is 1. The number of fused-ring (bicyclic) bond motifs is 1. The second kappa shape index (κ2) is 8.70. The molecule has 1 aliphatic heterocycles. The van der Waals surface area contributed by atoms with Crippen LogP contribution in [0.2, 0.25) is 0 Å². The molecule has 2 aromatic carbocycles. The molecular weight excluding hydrogens is 404 g/mol. The molecular formula is C25H22N4OS. The zero-order chi connectivity index (χ0) is 21.0. The van der Waals surface area contributed by atoms with Crippen LogP contribution in [-0.4, -0.2) is 22.4 Å². The van der Waals surface area contributed by atoms with Gasteiger partial charge in [-0.05, 0) is 35.7 Å². The van der Waals surface area contributed by atoms with E-state index < -0.39 is 0 Å². The fourth-order valence-electron chi connectivity index (χ4n) is 4.05. The molecule has 0 radical (unpaired) electrons. The molecule has 6 heteroatoms. The minimum Gasteiger partial charge on any atom is -0.355 e. The molecule has 0 bridgehead atoms. The van der Waals surface area contributed by atoms with E-state index in [1.807, 2.05) is 53.9 Å². The molecule has 0 fully saturated rings. The Labute approximate surface area is 185 Å². The number of carbonyl (C=O) groups is 1. The molecule has 0 saturated carbocycles. The summed E-state index contributed by atoms with van der Waals surface area (Å²) < 4.78 is 0. The Morgan fingerprint density at radius 3 is 2.65 bits per heavy atom. The van der Waals surface area contributed by atoms with Gasteiger partial charge in [0.25, 0.3) is 0 Å². The van der Waals surface area contributed by atoms with Gasteiger partial charge in [0.15, 0.2) is 0 Å². The maximum absolute atomic E-state index is 13.4. The molecule has 1 atom stereocenters. The molecule has 5 rings (SSSR count). The Morgan fingerprint density at radius 1 is 1.03 bits per heavy atom. The average Bonchev–Trinajstić information content (AvgIpc) is 3.47. The smallest absolute Gasteiger partial charge is 0.247 e. The van der Waals surface area contributed by atoms with Crippen LogP contribution in [0.15, 0.2) is 84.5 Å². The standard InChI is InChI=1S/C25H22N4OS/c30-25(27-16-23-28-21(17-31-23)18-10-13-26-14-11-18)24(20-7-2-1-3-8-20)29-15-12-19-6-4-5-9-22(19)29/h1-11,13-14,17,24H,12,15-16H2,(H,27,30). The Hall–Kier alpha value is -3.51. The summed E-state index contributed by atoms with van der Waals surface area (Å²) in [6.07, 6.45) is 4.47. The number of nitrogens with zero attached hydrogens (tertiary/aromatic N) is 3. The predicted octanol–water partition coefficient (Wildman–Crippen LogP) is 4.63. The van der Waals surface area contributed by atoms with Crippen LogP contribution in [0.3, 0.4) is 0 Å². The number of rotatable bonds is 6. The van der Waals surface area contributed by atoms with Crippen molar-refractivity contribution in [3.8, 4) is 11.3 Å². The van der Waals surface area contributed by atoms with Gasteiger partial charge >= 0.3 is 0 Å². The van der Waals surface area contributed by atoms with Gasteiger partial charge in [0.2, 0.25) is 5.91 Å². The molecule has 1 amide bonds. The fourth-order valence-corrected chi connectivity index (χ4v) is 4.79. The summed E-state index contributed by atoms with van der Waals surface area (Å²) in [6, 6.07) is 21.8. The van der Waals surface area contributed by atoms with Gasteiger partial charge < -0.3 is 10.2 Å². The third-order valence-corrected chi connectivity index (χ3v) is 6.39. The van der Waals surface area contributed by atoms with Crippen molar-refractivity contribution in [2.45, 2.75) is 19.0 Å². The van der Waals surface area contributed by atoms with E-state index in [2.05, 4.69) is 38.4 Å². The van der Waals surface area contributed by atoms with Gasteiger partial charge in [-0.15, -0.1) is 11.3 Å². The monoisotopic (exact) mass is 426 g/mol. The minimum absolute atomic E-state index is 0.0106. The Kier molecular flexibility index (Phi) is 5.46. The second-order valence-electron chi connectivity index (χ2n) is 7.47.